The number of aromatic nitrogens is 3. The number of ether oxygens (including phenoxy) is 1. The van der Waals surface area contributed by atoms with Crippen LogP contribution in [0.4, 0.5) is 5.69 Å². The van der Waals surface area contributed by atoms with E-state index in [-0.39, 0.29) is 0 Å². The first-order valence-electron chi connectivity index (χ1n) is 5.52. The van der Waals surface area contributed by atoms with Crippen molar-refractivity contribution in [1.29, 1.82) is 0 Å². The molecule has 0 amide bonds. The molecule has 2 aromatic heterocycles. The standard InChI is InChI=1S/C13H12N4O/c1-18-10-5-6-15-13-11(10)12(16-17-13)8-3-2-4-9(14)7-8/h2-7H,14H2,1H3,(H,15,16,17). The van der Waals surface area contributed by atoms with Crippen LogP contribution >= 0.6 is 0 Å². The van der Waals surface area contributed by atoms with Gasteiger partial charge in [-0.05, 0) is 18.2 Å². The van der Waals surface area contributed by atoms with E-state index >= 15 is 0 Å². The fraction of sp³-hybridized carbons (Fsp3) is 0.0769. The van der Waals surface area contributed by atoms with Crippen LogP contribution in [-0.4, -0.2) is 22.3 Å². The minimum absolute atomic E-state index is 0.631. The van der Waals surface area contributed by atoms with Crippen molar-refractivity contribution in [2.75, 3.05) is 12.8 Å². The zero-order valence-corrected chi connectivity index (χ0v) is 9.84. The number of pyridine rings is 1. The van der Waals surface area contributed by atoms with Crippen molar-refractivity contribution in [2.24, 2.45) is 0 Å². The lowest BCUT2D eigenvalue weighted by Crippen LogP contribution is -1.88. The SMILES string of the molecule is COc1ccnc2n[nH]c(-c3cccc(N)c3)c12. The van der Waals surface area contributed by atoms with Gasteiger partial charge >= 0.3 is 0 Å². The lowest BCUT2D eigenvalue weighted by molar-refractivity contribution is 0.419. The third-order valence-electron chi connectivity index (χ3n) is 2.81. The molecule has 1 aromatic carbocycles. The molecule has 3 aromatic rings. The summed E-state index contributed by atoms with van der Waals surface area (Å²) < 4.78 is 5.35. The molecule has 0 aliphatic carbocycles. The summed E-state index contributed by atoms with van der Waals surface area (Å²) in [4.78, 5) is 4.20. The van der Waals surface area contributed by atoms with Gasteiger partial charge in [-0.25, -0.2) is 4.98 Å². The second-order valence-electron chi connectivity index (χ2n) is 3.94. The molecule has 0 saturated carbocycles. The quantitative estimate of drug-likeness (QED) is 0.673. The summed E-state index contributed by atoms with van der Waals surface area (Å²) in [7, 11) is 1.63. The van der Waals surface area contributed by atoms with Crippen LogP contribution in [0, 0.1) is 0 Å². The Morgan fingerprint density at radius 3 is 2.94 bits per heavy atom. The number of aromatic amines is 1. The molecule has 5 heteroatoms. The molecule has 0 bridgehead atoms. The molecule has 0 spiro atoms. The Hall–Kier alpha value is -2.56. The topological polar surface area (TPSA) is 76.8 Å². The van der Waals surface area contributed by atoms with E-state index in [9.17, 15) is 0 Å². The molecular weight excluding hydrogens is 228 g/mol. The number of rotatable bonds is 2. The van der Waals surface area contributed by atoms with Gasteiger partial charge in [0.05, 0.1) is 18.2 Å². The van der Waals surface area contributed by atoms with Crippen LogP contribution in [0.25, 0.3) is 22.3 Å². The predicted octanol–water partition coefficient (Wildman–Crippen LogP) is 2.22. The van der Waals surface area contributed by atoms with Crippen LogP contribution in [0.2, 0.25) is 0 Å². The lowest BCUT2D eigenvalue weighted by Gasteiger charge is -2.04. The third-order valence-corrected chi connectivity index (χ3v) is 2.81. The number of nitrogens with zero attached hydrogens (tertiary/aromatic N) is 2. The van der Waals surface area contributed by atoms with Crippen LogP contribution in [0.5, 0.6) is 5.75 Å². The first-order chi connectivity index (χ1) is 8.79. The zero-order valence-electron chi connectivity index (χ0n) is 9.84. The monoisotopic (exact) mass is 240 g/mol. The number of nitrogen functional groups attached to an aromatic ring is 1. The number of benzene rings is 1. The molecule has 2 heterocycles. The van der Waals surface area contributed by atoms with E-state index in [0.717, 1.165) is 22.4 Å². The second-order valence-corrected chi connectivity index (χ2v) is 3.94. The minimum Gasteiger partial charge on any atom is -0.496 e. The van der Waals surface area contributed by atoms with E-state index < -0.39 is 0 Å². The van der Waals surface area contributed by atoms with Crippen molar-refractivity contribution in [3.8, 4) is 17.0 Å². The van der Waals surface area contributed by atoms with Crippen LogP contribution in [0.1, 0.15) is 0 Å². The number of nitrogens with one attached hydrogen (secondary N) is 1. The smallest absolute Gasteiger partial charge is 0.185 e. The van der Waals surface area contributed by atoms with Gasteiger partial charge in [-0.1, -0.05) is 12.1 Å². The van der Waals surface area contributed by atoms with Crippen molar-refractivity contribution < 1.29 is 4.74 Å². The molecule has 0 aliphatic rings. The number of fused-ring (bicyclic) bond motifs is 1. The fourth-order valence-electron chi connectivity index (χ4n) is 1.99. The first-order valence-corrected chi connectivity index (χ1v) is 5.52. The van der Waals surface area contributed by atoms with Crippen molar-refractivity contribution in [3.05, 3.63) is 36.5 Å². The highest BCUT2D eigenvalue weighted by Gasteiger charge is 2.13. The lowest BCUT2D eigenvalue weighted by atomic mass is 10.1. The molecule has 3 N–H and O–H groups in total. The largest absolute Gasteiger partial charge is 0.496 e. The zero-order chi connectivity index (χ0) is 12.5. The van der Waals surface area contributed by atoms with Crippen molar-refractivity contribution in [3.63, 3.8) is 0 Å². The Morgan fingerprint density at radius 1 is 1.28 bits per heavy atom. The average Bonchev–Trinajstić information content (AvgIpc) is 2.82. The van der Waals surface area contributed by atoms with Crippen LogP contribution < -0.4 is 10.5 Å². The number of anilines is 1. The number of methoxy groups -OCH3 is 1. The average molecular weight is 240 g/mol. The molecule has 0 atom stereocenters. The number of hydrogen-bond acceptors (Lipinski definition) is 4. The van der Waals surface area contributed by atoms with Crippen LogP contribution in [0.15, 0.2) is 36.5 Å². The summed E-state index contributed by atoms with van der Waals surface area (Å²) in [5.41, 5.74) is 8.96. The highest BCUT2D eigenvalue weighted by Crippen LogP contribution is 2.32. The highest BCUT2D eigenvalue weighted by atomic mass is 16.5. The maximum absolute atomic E-state index is 5.80. The van der Waals surface area contributed by atoms with E-state index in [0.29, 0.717) is 11.3 Å². The minimum atomic E-state index is 0.631. The summed E-state index contributed by atoms with van der Waals surface area (Å²) in [6.45, 7) is 0. The van der Waals surface area contributed by atoms with Gasteiger partial charge in [0.2, 0.25) is 0 Å². The molecule has 5 nitrogen and oxygen atoms in total. The van der Waals surface area contributed by atoms with Gasteiger partial charge < -0.3 is 10.5 Å². The fourth-order valence-corrected chi connectivity index (χ4v) is 1.99. The third kappa shape index (κ3) is 1.57. The molecule has 90 valence electrons. The first kappa shape index (κ1) is 10.6. The Labute approximate surface area is 104 Å². The van der Waals surface area contributed by atoms with E-state index in [1.807, 2.05) is 30.3 Å². The summed E-state index contributed by atoms with van der Waals surface area (Å²) in [5, 5.41) is 8.03. The van der Waals surface area contributed by atoms with Gasteiger partial charge in [0, 0.05) is 17.4 Å². The van der Waals surface area contributed by atoms with Crippen molar-refractivity contribution in [1.82, 2.24) is 15.2 Å². The molecule has 0 aliphatic heterocycles. The maximum atomic E-state index is 5.80. The van der Waals surface area contributed by atoms with Gasteiger partial charge in [0.25, 0.3) is 0 Å². The Morgan fingerprint density at radius 2 is 2.17 bits per heavy atom. The molecule has 0 radical (unpaired) electrons. The molecule has 0 saturated heterocycles. The van der Waals surface area contributed by atoms with Crippen LogP contribution in [-0.2, 0) is 0 Å². The van der Waals surface area contributed by atoms with Gasteiger partial charge in [-0.3, -0.25) is 5.10 Å². The van der Waals surface area contributed by atoms with Gasteiger partial charge in [-0.2, -0.15) is 5.10 Å². The maximum Gasteiger partial charge on any atom is 0.185 e. The predicted molar refractivity (Wildman–Crippen MR) is 70.3 cm³/mol. The molecule has 0 fully saturated rings. The molecule has 3 rings (SSSR count). The summed E-state index contributed by atoms with van der Waals surface area (Å²) in [6, 6.07) is 9.42. The Balaban J connectivity index is 2.30. The van der Waals surface area contributed by atoms with Gasteiger partial charge in [0.1, 0.15) is 5.75 Å². The van der Waals surface area contributed by atoms with E-state index in [1.165, 1.54) is 0 Å². The Kier molecular flexibility index (Phi) is 2.37. The Bertz CT molecular complexity index is 705. The van der Waals surface area contributed by atoms with Gasteiger partial charge in [0.15, 0.2) is 5.65 Å². The molecule has 0 unspecified atom stereocenters. The van der Waals surface area contributed by atoms with Crippen LogP contribution in [0.3, 0.4) is 0 Å². The molecular formula is C13H12N4O. The van der Waals surface area contributed by atoms with Crippen molar-refractivity contribution in [2.45, 2.75) is 0 Å². The van der Waals surface area contributed by atoms with E-state index in [2.05, 4.69) is 15.2 Å². The van der Waals surface area contributed by atoms with E-state index in [4.69, 9.17) is 10.5 Å². The normalized spacial score (nSPS) is 10.7. The van der Waals surface area contributed by atoms with Gasteiger partial charge in [-0.15, -0.1) is 0 Å². The summed E-state index contributed by atoms with van der Waals surface area (Å²) in [6.07, 6.45) is 1.67. The molecule has 18 heavy (non-hydrogen) atoms. The summed E-state index contributed by atoms with van der Waals surface area (Å²) >= 11 is 0. The van der Waals surface area contributed by atoms with Crippen molar-refractivity contribution >= 4 is 16.7 Å². The number of H-pyrrole nitrogens is 1. The summed E-state index contributed by atoms with van der Waals surface area (Å²) in [5.74, 6) is 0.742. The second kappa shape index (κ2) is 4.03. The van der Waals surface area contributed by atoms with E-state index in [1.54, 1.807) is 13.3 Å². The number of nitrogens with two attached hydrogens (primary N) is 1. The highest BCUT2D eigenvalue weighted by molar-refractivity contribution is 5.95. The number of hydrogen-bond donors (Lipinski definition) is 2.